The second-order valence-corrected chi connectivity index (χ2v) is 7.72. The van der Waals surface area contributed by atoms with Gasteiger partial charge in [0.15, 0.2) is 5.82 Å². The van der Waals surface area contributed by atoms with Crippen LogP contribution in [-0.2, 0) is 9.53 Å². The van der Waals surface area contributed by atoms with Gasteiger partial charge in [-0.25, -0.2) is 9.47 Å². The van der Waals surface area contributed by atoms with Gasteiger partial charge in [0.1, 0.15) is 0 Å². The Hall–Kier alpha value is -2.75. The number of hydrogen-bond donors (Lipinski definition) is 2. The van der Waals surface area contributed by atoms with E-state index in [1.807, 2.05) is 0 Å². The molecular weight excluding hydrogens is 449 g/mol. The molecule has 1 aromatic heterocycles. The van der Waals surface area contributed by atoms with Crippen molar-refractivity contribution in [2.75, 3.05) is 23.5 Å². The van der Waals surface area contributed by atoms with E-state index < -0.39 is 5.97 Å². The molecule has 1 amide bonds. The fourth-order valence-electron chi connectivity index (χ4n) is 2.50. The lowest BCUT2D eigenvalue weighted by Gasteiger charge is -2.08. The van der Waals surface area contributed by atoms with Crippen LogP contribution < -0.4 is 11.2 Å². The number of ether oxygens (including phenoxy) is 1. The maximum atomic E-state index is 12.3. The molecule has 156 valence electrons. The summed E-state index contributed by atoms with van der Waals surface area (Å²) >= 11 is 13.2. The Morgan fingerprint density at radius 3 is 2.73 bits per heavy atom. The average Bonchev–Trinajstić information content (AvgIpc) is 3.07. The number of benzene rings is 2. The number of carbonyl (C=O) groups excluding carboxylic acids is 2. The smallest absolute Gasteiger partial charge is 0.338 e. The third-order valence-electron chi connectivity index (χ3n) is 3.83. The summed E-state index contributed by atoms with van der Waals surface area (Å²) in [4.78, 5) is 24.1. The number of esters is 1. The molecule has 3 rings (SSSR count). The highest BCUT2D eigenvalue weighted by molar-refractivity contribution is 7.99. The summed E-state index contributed by atoms with van der Waals surface area (Å²) in [6.07, 6.45) is 0. The van der Waals surface area contributed by atoms with E-state index in [9.17, 15) is 9.59 Å². The molecule has 0 fully saturated rings. The Balaban J connectivity index is 1.64. The first kappa shape index (κ1) is 21.9. The largest absolute Gasteiger partial charge is 0.462 e. The van der Waals surface area contributed by atoms with E-state index in [4.69, 9.17) is 33.8 Å². The normalized spacial score (nSPS) is 10.6. The summed E-state index contributed by atoms with van der Waals surface area (Å²) < 4.78 is 6.21. The van der Waals surface area contributed by atoms with Crippen LogP contribution in [0.1, 0.15) is 17.3 Å². The topological polar surface area (TPSA) is 112 Å². The maximum absolute atomic E-state index is 12.3. The van der Waals surface area contributed by atoms with Gasteiger partial charge in [0.25, 0.3) is 0 Å². The van der Waals surface area contributed by atoms with Gasteiger partial charge in [0, 0.05) is 16.3 Å². The van der Waals surface area contributed by atoms with Crippen molar-refractivity contribution >= 4 is 52.5 Å². The Bertz CT molecular complexity index is 1090. The number of nitrogen functional groups attached to an aromatic ring is 1. The molecule has 3 aromatic rings. The van der Waals surface area contributed by atoms with E-state index in [0.29, 0.717) is 37.8 Å². The molecule has 2 aromatic carbocycles. The van der Waals surface area contributed by atoms with Crippen LogP contribution in [0.3, 0.4) is 0 Å². The van der Waals surface area contributed by atoms with Gasteiger partial charge in [-0.1, -0.05) is 41.0 Å². The molecule has 0 saturated heterocycles. The first-order chi connectivity index (χ1) is 14.4. The predicted molar refractivity (Wildman–Crippen MR) is 117 cm³/mol. The van der Waals surface area contributed by atoms with Crippen LogP contribution in [0.2, 0.25) is 10.0 Å². The Kier molecular flexibility index (Phi) is 7.20. The number of halogens is 2. The quantitative estimate of drug-likeness (QED) is 0.309. The molecule has 0 aliphatic heterocycles. The number of carbonyl (C=O) groups is 2. The van der Waals surface area contributed by atoms with E-state index in [1.54, 1.807) is 49.4 Å². The number of anilines is 1. The van der Waals surface area contributed by atoms with Gasteiger partial charge >= 0.3 is 5.97 Å². The lowest BCUT2D eigenvalue weighted by Crippen LogP contribution is -2.17. The molecule has 1 heterocycles. The van der Waals surface area contributed by atoms with Crippen molar-refractivity contribution in [3.63, 3.8) is 0 Å². The van der Waals surface area contributed by atoms with Crippen molar-refractivity contribution < 1.29 is 14.3 Å². The van der Waals surface area contributed by atoms with Crippen LogP contribution in [0, 0.1) is 0 Å². The van der Waals surface area contributed by atoms with E-state index in [2.05, 4.69) is 15.5 Å². The molecule has 0 unspecified atom stereocenters. The highest BCUT2D eigenvalue weighted by atomic mass is 35.5. The van der Waals surface area contributed by atoms with E-state index in [0.717, 1.165) is 11.8 Å². The molecule has 0 radical (unpaired) electrons. The maximum Gasteiger partial charge on any atom is 0.338 e. The number of rotatable bonds is 7. The van der Waals surface area contributed by atoms with Crippen LogP contribution in [0.5, 0.6) is 0 Å². The first-order valence-corrected chi connectivity index (χ1v) is 10.5. The molecular formula is C19H17Cl2N5O3S. The molecule has 0 bridgehead atoms. The minimum absolute atomic E-state index is 0.0350. The molecule has 0 atom stereocenters. The summed E-state index contributed by atoms with van der Waals surface area (Å²) in [5.74, 6) is 5.70. The zero-order chi connectivity index (χ0) is 21.7. The van der Waals surface area contributed by atoms with Crippen LogP contribution in [0.15, 0.2) is 47.6 Å². The molecule has 11 heteroatoms. The zero-order valence-corrected chi connectivity index (χ0v) is 18.1. The summed E-state index contributed by atoms with van der Waals surface area (Å²) in [5, 5.41) is 12.0. The second-order valence-electron chi connectivity index (χ2n) is 5.94. The SMILES string of the molecule is CCOC(=O)c1cccc(NC(=O)CSc2nnc(-c3ccc(Cl)cc3Cl)n2N)c1. The van der Waals surface area contributed by atoms with E-state index in [-0.39, 0.29) is 18.3 Å². The monoisotopic (exact) mass is 465 g/mol. The molecule has 3 N–H and O–H groups in total. The lowest BCUT2D eigenvalue weighted by atomic mass is 10.2. The van der Waals surface area contributed by atoms with Crippen molar-refractivity contribution in [2.24, 2.45) is 0 Å². The molecule has 0 aliphatic rings. The van der Waals surface area contributed by atoms with Crippen LogP contribution in [0.4, 0.5) is 5.69 Å². The van der Waals surface area contributed by atoms with Gasteiger partial charge < -0.3 is 15.9 Å². The van der Waals surface area contributed by atoms with Crippen molar-refractivity contribution in [2.45, 2.75) is 12.1 Å². The van der Waals surface area contributed by atoms with Crippen LogP contribution in [0.25, 0.3) is 11.4 Å². The average molecular weight is 466 g/mol. The van der Waals surface area contributed by atoms with Crippen LogP contribution >= 0.6 is 35.0 Å². The van der Waals surface area contributed by atoms with Gasteiger partial charge in [-0.15, -0.1) is 10.2 Å². The van der Waals surface area contributed by atoms with Crippen LogP contribution in [-0.4, -0.2) is 39.1 Å². The summed E-state index contributed by atoms with van der Waals surface area (Å²) in [5.41, 5.74) is 1.41. The number of nitrogens with two attached hydrogens (primary N) is 1. The zero-order valence-electron chi connectivity index (χ0n) is 15.8. The number of amides is 1. The third kappa shape index (κ3) is 5.24. The van der Waals surface area contributed by atoms with Crippen molar-refractivity contribution in [3.05, 3.63) is 58.1 Å². The number of nitrogens with zero attached hydrogens (tertiary/aromatic N) is 3. The van der Waals surface area contributed by atoms with Gasteiger partial charge in [0.2, 0.25) is 11.1 Å². The van der Waals surface area contributed by atoms with Gasteiger partial charge in [-0.3, -0.25) is 4.79 Å². The first-order valence-electron chi connectivity index (χ1n) is 8.74. The Morgan fingerprint density at radius 2 is 2.00 bits per heavy atom. The minimum Gasteiger partial charge on any atom is -0.462 e. The molecule has 0 aliphatic carbocycles. The molecule has 30 heavy (non-hydrogen) atoms. The summed E-state index contributed by atoms with van der Waals surface area (Å²) in [6, 6.07) is 11.4. The minimum atomic E-state index is -0.451. The van der Waals surface area contributed by atoms with Gasteiger partial charge in [-0.2, -0.15) is 0 Å². The van der Waals surface area contributed by atoms with Crippen molar-refractivity contribution in [3.8, 4) is 11.4 Å². The number of aromatic nitrogens is 3. The fraction of sp³-hybridized carbons (Fsp3) is 0.158. The lowest BCUT2D eigenvalue weighted by molar-refractivity contribution is -0.113. The van der Waals surface area contributed by atoms with E-state index >= 15 is 0 Å². The highest BCUT2D eigenvalue weighted by Gasteiger charge is 2.16. The van der Waals surface area contributed by atoms with Gasteiger partial charge in [-0.05, 0) is 43.3 Å². The van der Waals surface area contributed by atoms with Crippen molar-refractivity contribution in [1.82, 2.24) is 14.9 Å². The molecule has 0 saturated carbocycles. The number of hydrogen-bond acceptors (Lipinski definition) is 7. The predicted octanol–water partition coefficient (Wildman–Crippen LogP) is 3.87. The third-order valence-corrected chi connectivity index (χ3v) is 5.32. The Labute approximate surface area is 186 Å². The number of nitrogens with one attached hydrogen (secondary N) is 1. The standard InChI is InChI=1S/C19H17Cl2N5O3S/c1-2-29-18(28)11-4-3-5-13(8-11)23-16(27)10-30-19-25-24-17(26(19)22)14-7-6-12(20)9-15(14)21/h3-9H,2,10,22H2,1H3,(H,23,27). The molecule has 8 nitrogen and oxygen atoms in total. The fourth-order valence-corrected chi connectivity index (χ4v) is 3.64. The highest BCUT2D eigenvalue weighted by Crippen LogP contribution is 2.30. The van der Waals surface area contributed by atoms with Crippen molar-refractivity contribution in [1.29, 1.82) is 0 Å². The van der Waals surface area contributed by atoms with Gasteiger partial charge in [0.05, 0.1) is 22.9 Å². The van der Waals surface area contributed by atoms with E-state index in [1.165, 1.54) is 4.68 Å². The Morgan fingerprint density at radius 1 is 1.20 bits per heavy atom. The summed E-state index contributed by atoms with van der Waals surface area (Å²) in [6.45, 7) is 2.00. The summed E-state index contributed by atoms with van der Waals surface area (Å²) in [7, 11) is 0. The molecule has 0 spiro atoms. The second kappa shape index (κ2) is 9.84. The number of thioether (sulfide) groups is 1.